The van der Waals surface area contributed by atoms with Gasteiger partial charge in [-0.1, -0.05) is 31.2 Å². The molecule has 0 fully saturated rings. The van der Waals surface area contributed by atoms with E-state index in [4.69, 9.17) is 5.11 Å². The molecule has 102 valence electrons. The molecule has 0 aliphatic carbocycles. The van der Waals surface area contributed by atoms with Crippen LogP contribution in [-0.2, 0) is 11.5 Å². The Morgan fingerprint density at radius 2 is 1.72 bits per heavy atom. The zero-order chi connectivity index (χ0) is 13.2. The van der Waals surface area contributed by atoms with Crippen molar-refractivity contribution in [1.82, 2.24) is 0 Å². The summed E-state index contributed by atoms with van der Waals surface area (Å²) in [5.41, 5.74) is 2.73. The predicted molar refractivity (Wildman–Crippen MR) is 82.1 cm³/mol. The molecule has 0 bridgehead atoms. The number of rotatable bonds is 9. The first-order valence-electron chi connectivity index (χ1n) is 6.29. The maximum absolute atomic E-state index is 9.30. The maximum Gasteiger partial charge on any atom is 0.0861 e. The van der Waals surface area contributed by atoms with Crippen molar-refractivity contribution < 1.29 is 10.2 Å². The first kappa shape index (κ1) is 15.9. The van der Waals surface area contributed by atoms with Crippen LogP contribution in [0, 0.1) is 0 Å². The molecule has 0 saturated carbocycles. The highest BCUT2D eigenvalue weighted by Gasteiger charge is 2.05. The predicted octanol–water partition coefficient (Wildman–Crippen LogP) is 2.92. The fraction of sp³-hybridized carbons (Fsp3) is 0.571. The second-order valence-electron chi connectivity index (χ2n) is 4.17. The molecule has 2 N–H and O–H groups in total. The van der Waals surface area contributed by atoms with Crippen LogP contribution in [0.2, 0.25) is 0 Å². The second-order valence-corrected chi connectivity index (χ2v) is 6.31. The average molecular weight is 286 g/mol. The molecule has 1 atom stereocenters. The smallest absolute Gasteiger partial charge is 0.0861 e. The van der Waals surface area contributed by atoms with Gasteiger partial charge in [-0.2, -0.15) is 23.5 Å². The van der Waals surface area contributed by atoms with Gasteiger partial charge in [0.1, 0.15) is 0 Å². The number of thioether (sulfide) groups is 2. The Kier molecular flexibility index (Phi) is 8.59. The summed E-state index contributed by atoms with van der Waals surface area (Å²) < 4.78 is 0. The Balaban J connectivity index is 2.43. The van der Waals surface area contributed by atoms with Gasteiger partial charge in [-0.3, -0.25) is 0 Å². The van der Waals surface area contributed by atoms with Gasteiger partial charge >= 0.3 is 0 Å². The van der Waals surface area contributed by atoms with Crippen molar-refractivity contribution >= 4 is 23.5 Å². The van der Waals surface area contributed by atoms with Gasteiger partial charge in [-0.15, -0.1) is 0 Å². The van der Waals surface area contributed by atoms with Crippen LogP contribution in [0.3, 0.4) is 0 Å². The third-order valence-electron chi connectivity index (χ3n) is 2.50. The Bertz CT molecular complexity index is 331. The Morgan fingerprint density at radius 1 is 1.11 bits per heavy atom. The number of benzene rings is 1. The lowest BCUT2D eigenvalue weighted by molar-refractivity contribution is 0.113. The Morgan fingerprint density at radius 3 is 2.28 bits per heavy atom. The lowest BCUT2D eigenvalue weighted by Gasteiger charge is -2.10. The van der Waals surface area contributed by atoms with Crippen LogP contribution in [0.15, 0.2) is 24.3 Å². The van der Waals surface area contributed by atoms with E-state index < -0.39 is 6.10 Å². The summed E-state index contributed by atoms with van der Waals surface area (Å²) in [6.45, 7) is 2.05. The summed E-state index contributed by atoms with van der Waals surface area (Å²) in [5, 5.41) is 18.1. The molecule has 18 heavy (non-hydrogen) atoms. The van der Waals surface area contributed by atoms with Crippen molar-refractivity contribution in [3.8, 4) is 0 Å². The van der Waals surface area contributed by atoms with Crippen molar-refractivity contribution in [1.29, 1.82) is 0 Å². The standard InChI is InChI=1S/C14H22O2S2/c1-2-7-17-9-12-5-3-4-6-13(12)10-18-11-14(16)8-15/h3-6,14-16H,2,7-11H2,1H3. The molecule has 4 heteroatoms. The van der Waals surface area contributed by atoms with Crippen molar-refractivity contribution in [2.45, 2.75) is 31.0 Å². The normalized spacial score (nSPS) is 12.6. The SMILES string of the molecule is CCCSCc1ccccc1CSCC(O)CO. The van der Waals surface area contributed by atoms with E-state index in [1.54, 1.807) is 11.8 Å². The van der Waals surface area contributed by atoms with Crippen molar-refractivity contribution in [2.75, 3.05) is 18.1 Å². The zero-order valence-electron chi connectivity index (χ0n) is 10.8. The second kappa shape index (κ2) is 9.73. The van der Waals surface area contributed by atoms with Gasteiger partial charge in [-0.25, -0.2) is 0 Å². The zero-order valence-corrected chi connectivity index (χ0v) is 12.5. The van der Waals surface area contributed by atoms with Crippen LogP contribution in [0.25, 0.3) is 0 Å². The molecule has 1 aromatic rings. The highest BCUT2D eigenvalue weighted by atomic mass is 32.2. The molecular formula is C14H22O2S2. The molecule has 0 aromatic heterocycles. The third kappa shape index (κ3) is 6.14. The van der Waals surface area contributed by atoms with E-state index in [0.717, 1.165) is 11.5 Å². The van der Waals surface area contributed by atoms with Crippen molar-refractivity contribution in [3.05, 3.63) is 35.4 Å². The molecule has 1 unspecified atom stereocenters. The summed E-state index contributed by atoms with van der Waals surface area (Å²) in [5.74, 6) is 3.75. The van der Waals surface area contributed by atoms with Crippen LogP contribution < -0.4 is 0 Å². The van der Waals surface area contributed by atoms with E-state index in [9.17, 15) is 5.11 Å². The molecule has 0 spiro atoms. The Hall–Kier alpha value is -0.160. The van der Waals surface area contributed by atoms with Crippen LogP contribution in [0.5, 0.6) is 0 Å². The van der Waals surface area contributed by atoms with Gasteiger partial charge < -0.3 is 10.2 Å². The van der Waals surface area contributed by atoms with Gasteiger partial charge in [0, 0.05) is 17.3 Å². The molecule has 1 rings (SSSR count). The molecule has 0 aliphatic heterocycles. The lowest BCUT2D eigenvalue weighted by Crippen LogP contribution is -2.14. The summed E-state index contributed by atoms with van der Waals surface area (Å²) in [6.07, 6.45) is 0.612. The topological polar surface area (TPSA) is 40.5 Å². The Labute approximate surface area is 118 Å². The minimum absolute atomic E-state index is 0.152. The summed E-state index contributed by atoms with van der Waals surface area (Å²) >= 11 is 3.64. The summed E-state index contributed by atoms with van der Waals surface area (Å²) in [7, 11) is 0. The average Bonchev–Trinajstić information content (AvgIpc) is 2.40. The van der Waals surface area contributed by atoms with E-state index in [2.05, 4.69) is 31.2 Å². The molecule has 2 nitrogen and oxygen atoms in total. The van der Waals surface area contributed by atoms with Gasteiger partial charge in [0.05, 0.1) is 12.7 Å². The lowest BCUT2D eigenvalue weighted by atomic mass is 10.1. The van der Waals surface area contributed by atoms with Crippen LogP contribution in [0.1, 0.15) is 24.5 Å². The van der Waals surface area contributed by atoms with Crippen molar-refractivity contribution in [2.24, 2.45) is 0 Å². The maximum atomic E-state index is 9.30. The van der Waals surface area contributed by atoms with Crippen LogP contribution >= 0.6 is 23.5 Å². The quantitative estimate of drug-likeness (QED) is 0.685. The molecule has 0 saturated heterocycles. The number of aliphatic hydroxyl groups is 2. The molecular weight excluding hydrogens is 264 g/mol. The first-order chi connectivity index (χ1) is 8.77. The first-order valence-corrected chi connectivity index (χ1v) is 8.60. The highest BCUT2D eigenvalue weighted by molar-refractivity contribution is 7.98. The molecule has 0 radical (unpaired) electrons. The minimum Gasteiger partial charge on any atom is -0.394 e. The van der Waals surface area contributed by atoms with E-state index in [0.29, 0.717) is 5.75 Å². The number of aliphatic hydroxyl groups excluding tert-OH is 2. The fourth-order valence-electron chi connectivity index (χ4n) is 1.52. The monoisotopic (exact) mass is 286 g/mol. The summed E-state index contributed by atoms with van der Waals surface area (Å²) in [6, 6.07) is 8.48. The van der Waals surface area contributed by atoms with Gasteiger partial charge in [0.15, 0.2) is 0 Å². The van der Waals surface area contributed by atoms with Gasteiger partial charge in [0.2, 0.25) is 0 Å². The van der Waals surface area contributed by atoms with Gasteiger partial charge in [-0.05, 0) is 23.3 Å². The van der Waals surface area contributed by atoms with Crippen LogP contribution in [0.4, 0.5) is 0 Å². The number of hydrogen-bond donors (Lipinski definition) is 2. The fourth-order valence-corrected chi connectivity index (χ4v) is 3.45. The largest absolute Gasteiger partial charge is 0.394 e. The molecule has 0 amide bonds. The highest BCUT2D eigenvalue weighted by Crippen LogP contribution is 2.21. The van der Waals surface area contributed by atoms with E-state index in [1.807, 2.05) is 11.8 Å². The van der Waals surface area contributed by atoms with Gasteiger partial charge in [0.25, 0.3) is 0 Å². The third-order valence-corrected chi connectivity index (χ3v) is 4.85. The van der Waals surface area contributed by atoms with E-state index in [1.165, 1.54) is 23.3 Å². The molecule has 1 aromatic carbocycles. The minimum atomic E-state index is -0.600. The van der Waals surface area contributed by atoms with E-state index in [-0.39, 0.29) is 6.61 Å². The summed E-state index contributed by atoms with van der Waals surface area (Å²) in [4.78, 5) is 0. The number of hydrogen-bond acceptors (Lipinski definition) is 4. The van der Waals surface area contributed by atoms with Crippen LogP contribution in [-0.4, -0.2) is 34.4 Å². The van der Waals surface area contributed by atoms with E-state index >= 15 is 0 Å². The molecule has 0 aliphatic rings. The van der Waals surface area contributed by atoms with Crippen molar-refractivity contribution in [3.63, 3.8) is 0 Å². The molecule has 0 heterocycles.